The molecule has 0 saturated carbocycles. The lowest BCUT2D eigenvalue weighted by Gasteiger charge is -2.27. The smallest absolute Gasteiger partial charge is 0.256 e. The summed E-state index contributed by atoms with van der Waals surface area (Å²) in [6, 6.07) is 7.12. The van der Waals surface area contributed by atoms with Crippen molar-refractivity contribution in [2.45, 2.75) is 38.8 Å². The molecular formula is C18H20N2O2S. The van der Waals surface area contributed by atoms with Gasteiger partial charge in [-0.15, -0.1) is 11.3 Å². The van der Waals surface area contributed by atoms with Crippen molar-refractivity contribution in [3.8, 4) is 5.75 Å². The normalized spacial score (nSPS) is 22.7. The van der Waals surface area contributed by atoms with Gasteiger partial charge in [0, 0.05) is 10.4 Å². The van der Waals surface area contributed by atoms with Gasteiger partial charge in [0.2, 0.25) is 0 Å². The van der Waals surface area contributed by atoms with Crippen molar-refractivity contribution in [3.05, 3.63) is 45.8 Å². The summed E-state index contributed by atoms with van der Waals surface area (Å²) in [7, 11) is 0. The van der Waals surface area contributed by atoms with Crippen LogP contribution in [0.4, 0.5) is 5.00 Å². The molecule has 23 heavy (non-hydrogen) atoms. The molecule has 1 amide bonds. The van der Waals surface area contributed by atoms with E-state index in [9.17, 15) is 9.90 Å². The van der Waals surface area contributed by atoms with Crippen LogP contribution in [0.25, 0.3) is 0 Å². The van der Waals surface area contributed by atoms with Gasteiger partial charge in [0.1, 0.15) is 16.9 Å². The second-order valence-corrected chi connectivity index (χ2v) is 7.44. The Morgan fingerprint density at radius 1 is 1.30 bits per heavy atom. The number of hydrogen-bond donors (Lipinski definition) is 3. The molecule has 5 heteroatoms. The van der Waals surface area contributed by atoms with Crippen LogP contribution in [0.3, 0.4) is 0 Å². The van der Waals surface area contributed by atoms with E-state index in [1.807, 2.05) is 12.1 Å². The van der Waals surface area contributed by atoms with Crippen molar-refractivity contribution in [1.82, 2.24) is 5.32 Å². The van der Waals surface area contributed by atoms with Gasteiger partial charge in [0.15, 0.2) is 0 Å². The fraction of sp³-hybridized carbons (Fsp3) is 0.389. The van der Waals surface area contributed by atoms with Crippen LogP contribution in [0.5, 0.6) is 5.75 Å². The third-order valence-electron chi connectivity index (χ3n) is 4.97. The van der Waals surface area contributed by atoms with Crippen LogP contribution in [0.1, 0.15) is 52.3 Å². The zero-order valence-corrected chi connectivity index (χ0v) is 13.9. The van der Waals surface area contributed by atoms with Crippen molar-refractivity contribution in [2.24, 2.45) is 5.92 Å². The van der Waals surface area contributed by atoms with Crippen LogP contribution >= 0.6 is 11.3 Å². The molecular weight excluding hydrogens is 308 g/mol. The molecule has 2 aliphatic rings. The zero-order chi connectivity index (χ0) is 16.0. The van der Waals surface area contributed by atoms with Crippen LogP contribution in [-0.2, 0) is 12.8 Å². The number of anilines is 1. The third-order valence-corrected chi connectivity index (χ3v) is 6.16. The number of phenols is 1. The topological polar surface area (TPSA) is 61.4 Å². The Bertz CT molecular complexity index is 768. The van der Waals surface area contributed by atoms with Crippen molar-refractivity contribution in [1.29, 1.82) is 0 Å². The van der Waals surface area contributed by atoms with E-state index in [4.69, 9.17) is 0 Å². The molecule has 120 valence electrons. The van der Waals surface area contributed by atoms with E-state index >= 15 is 0 Å². The Kier molecular flexibility index (Phi) is 3.53. The molecule has 2 heterocycles. The quantitative estimate of drug-likeness (QED) is 0.785. The molecule has 2 aromatic rings. The molecule has 0 radical (unpaired) electrons. The molecule has 1 aromatic carbocycles. The maximum atomic E-state index is 12.6. The van der Waals surface area contributed by atoms with Crippen LogP contribution in [0.2, 0.25) is 0 Å². The standard InChI is InChI=1S/C18H20N2O2S/c1-2-10-7-8-12-14(9-10)23-18-15(12)17(22)19-16(20-18)11-5-3-4-6-13(11)21/h3-6,10,16,20-21H,2,7-9H2,1H3,(H,19,22)/t10-,16+/m0/s1. The first-order valence-electron chi connectivity index (χ1n) is 8.17. The number of para-hydroxylation sites is 1. The highest BCUT2D eigenvalue weighted by molar-refractivity contribution is 7.16. The largest absolute Gasteiger partial charge is 0.508 e. The van der Waals surface area contributed by atoms with Crippen molar-refractivity contribution in [3.63, 3.8) is 0 Å². The number of hydrogen-bond acceptors (Lipinski definition) is 4. The maximum absolute atomic E-state index is 12.6. The molecule has 4 rings (SSSR count). The number of aromatic hydroxyl groups is 1. The number of carbonyl (C=O) groups is 1. The van der Waals surface area contributed by atoms with Gasteiger partial charge >= 0.3 is 0 Å². The molecule has 0 fully saturated rings. The van der Waals surface area contributed by atoms with E-state index in [2.05, 4.69) is 17.6 Å². The fourth-order valence-electron chi connectivity index (χ4n) is 3.60. The lowest BCUT2D eigenvalue weighted by molar-refractivity contribution is 0.0935. The van der Waals surface area contributed by atoms with Gasteiger partial charge in [-0.25, -0.2) is 0 Å². The van der Waals surface area contributed by atoms with Crippen LogP contribution in [0.15, 0.2) is 24.3 Å². The van der Waals surface area contributed by atoms with E-state index in [1.54, 1.807) is 23.5 Å². The molecule has 1 aliphatic carbocycles. The van der Waals surface area contributed by atoms with Gasteiger partial charge in [-0.1, -0.05) is 31.5 Å². The summed E-state index contributed by atoms with van der Waals surface area (Å²) in [5.74, 6) is 0.903. The third kappa shape index (κ3) is 2.39. The summed E-state index contributed by atoms with van der Waals surface area (Å²) in [5.41, 5.74) is 2.76. The second kappa shape index (κ2) is 5.57. The Morgan fingerprint density at radius 2 is 2.13 bits per heavy atom. The summed E-state index contributed by atoms with van der Waals surface area (Å²) in [5, 5.41) is 17.4. The van der Waals surface area contributed by atoms with Gasteiger partial charge in [-0.3, -0.25) is 4.79 Å². The summed E-state index contributed by atoms with van der Waals surface area (Å²) in [6.45, 7) is 2.24. The number of nitrogens with one attached hydrogen (secondary N) is 2. The monoisotopic (exact) mass is 328 g/mol. The van der Waals surface area contributed by atoms with E-state index in [1.165, 1.54) is 23.3 Å². The minimum atomic E-state index is -0.377. The summed E-state index contributed by atoms with van der Waals surface area (Å²) >= 11 is 1.71. The van der Waals surface area contributed by atoms with Gasteiger partial charge in [-0.05, 0) is 36.8 Å². The zero-order valence-electron chi connectivity index (χ0n) is 13.1. The van der Waals surface area contributed by atoms with E-state index in [0.717, 1.165) is 29.3 Å². The molecule has 3 N–H and O–H groups in total. The highest BCUT2D eigenvalue weighted by atomic mass is 32.1. The number of fused-ring (bicyclic) bond motifs is 3. The van der Waals surface area contributed by atoms with Gasteiger partial charge in [0.05, 0.1) is 5.56 Å². The SMILES string of the molecule is CC[C@H]1CCc2c(sc3c2C(=O)N[C@@H](c2ccccc2O)N3)C1. The lowest BCUT2D eigenvalue weighted by atomic mass is 9.85. The maximum Gasteiger partial charge on any atom is 0.256 e. The van der Waals surface area contributed by atoms with Crippen LogP contribution in [-0.4, -0.2) is 11.0 Å². The van der Waals surface area contributed by atoms with Crippen molar-refractivity contribution in [2.75, 3.05) is 5.32 Å². The Balaban J connectivity index is 1.69. The number of phenolic OH excluding ortho intramolecular Hbond substituents is 1. The number of amides is 1. The summed E-state index contributed by atoms with van der Waals surface area (Å²) < 4.78 is 0. The minimum Gasteiger partial charge on any atom is -0.508 e. The molecule has 0 bridgehead atoms. The molecule has 4 nitrogen and oxygen atoms in total. The second-order valence-electron chi connectivity index (χ2n) is 6.33. The molecule has 0 saturated heterocycles. The number of rotatable bonds is 2. The molecule has 0 spiro atoms. The first-order valence-corrected chi connectivity index (χ1v) is 8.98. The van der Waals surface area contributed by atoms with Gasteiger partial charge in [0.25, 0.3) is 5.91 Å². The highest BCUT2D eigenvalue weighted by Crippen LogP contribution is 2.43. The van der Waals surface area contributed by atoms with Gasteiger partial charge < -0.3 is 15.7 Å². The number of carbonyl (C=O) groups excluding carboxylic acids is 1. The highest BCUT2D eigenvalue weighted by Gasteiger charge is 2.34. The van der Waals surface area contributed by atoms with Crippen molar-refractivity contribution < 1.29 is 9.90 Å². The number of benzene rings is 1. The van der Waals surface area contributed by atoms with Crippen LogP contribution < -0.4 is 10.6 Å². The average molecular weight is 328 g/mol. The van der Waals surface area contributed by atoms with E-state index in [0.29, 0.717) is 5.56 Å². The predicted molar refractivity (Wildman–Crippen MR) is 92.1 cm³/mol. The molecule has 2 atom stereocenters. The summed E-state index contributed by atoms with van der Waals surface area (Å²) in [6.07, 6.45) is 4.07. The predicted octanol–water partition coefficient (Wildman–Crippen LogP) is 3.82. The first kappa shape index (κ1) is 14.6. The fourth-order valence-corrected chi connectivity index (χ4v) is 4.99. The Labute approximate surface area is 139 Å². The Hall–Kier alpha value is -2.01. The summed E-state index contributed by atoms with van der Waals surface area (Å²) in [4.78, 5) is 14.0. The lowest BCUT2D eigenvalue weighted by Crippen LogP contribution is -2.38. The van der Waals surface area contributed by atoms with E-state index < -0.39 is 0 Å². The minimum absolute atomic E-state index is 0.0283. The molecule has 1 aromatic heterocycles. The average Bonchev–Trinajstić information content (AvgIpc) is 2.92. The number of thiophene rings is 1. The Morgan fingerprint density at radius 3 is 2.91 bits per heavy atom. The first-order chi connectivity index (χ1) is 11.2. The van der Waals surface area contributed by atoms with Gasteiger partial charge in [-0.2, -0.15) is 0 Å². The van der Waals surface area contributed by atoms with Crippen LogP contribution in [0, 0.1) is 5.92 Å². The molecule has 1 aliphatic heterocycles. The molecule has 0 unspecified atom stereocenters. The van der Waals surface area contributed by atoms with E-state index in [-0.39, 0.29) is 17.8 Å². The van der Waals surface area contributed by atoms with Crippen molar-refractivity contribution >= 4 is 22.2 Å².